The number of rotatable bonds is 4. The molecule has 0 aromatic heterocycles. The molecule has 1 aliphatic rings. The molecule has 0 unspecified atom stereocenters. The highest BCUT2D eigenvalue weighted by molar-refractivity contribution is 6.32. The lowest BCUT2D eigenvalue weighted by atomic mass is 10.3. The van der Waals surface area contributed by atoms with Crippen LogP contribution in [-0.4, -0.2) is 99.3 Å². The maximum Gasteiger partial charge on any atom is 0.674 e. The lowest BCUT2D eigenvalue weighted by Gasteiger charge is -2.18. The number of halogens is 4. The van der Waals surface area contributed by atoms with E-state index in [0.717, 1.165) is 19.8 Å². The smallest absolute Gasteiger partial charge is 0.398 e. The van der Waals surface area contributed by atoms with Crippen molar-refractivity contribution >= 4 is 29.6 Å². The van der Waals surface area contributed by atoms with Crippen molar-refractivity contribution in [1.82, 2.24) is 9.80 Å². The van der Waals surface area contributed by atoms with Crippen LogP contribution in [0.3, 0.4) is 0 Å². The van der Waals surface area contributed by atoms with E-state index in [-0.39, 0.29) is 0 Å². The van der Waals surface area contributed by atoms with Gasteiger partial charge in [-0.05, 0) is 0 Å². The summed E-state index contributed by atoms with van der Waals surface area (Å²) in [4.78, 5) is 4.38. The van der Waals surface area contributed by atoms with Crippen LogP contribution in [0, 0.1) is 0 Å². The van der Waals surface area contributed by atoms with Crippen LogP contribution in [0.4, 0.5) is 17.3 Å². The van der Waals surface area contributed by atoms with Crippen molar-refractivity contribution in [1.29, 1.82) is 0 Å². The van der Waals surface area contributed by atoms with E-state index in [2.05, 4.69) is 35.4 Å². The zero-order valence-electron chi connectivity index (χ0n) is 14.1. The fraction of sp³-hybridized carbons (Fsp3) is 0.333. The lowest BCUT2D eigenvalue weighted by Crippen LogP contribution is -2.25. The molecule has 0 fully saturated rings. The fourth-order valence-electron chi connectivity index (χ4n) is 1.08. The Balaban J connectivity index is -0.000000139. The summed E-state index contributed by atoms with van der Waals surface area (Å²) in [6, 6.07) is 0. The van der Waals surface area contributed by atoms with Gasteiger partial charge in [0.1, 0.15) is 0 Å². The van der Waals surface area contributed by atoms with Gasteiger partial charge in [-0.25, -0.2) is 0 Å². The van der Waals surface area contributed by atoms with Crippen molar-refractivity contribution in [3.8, 4) is 0 Å². The first-order valence-electron chi connectivity index (χ1n) is 6.69. The average molecular weight is 406 g/mol. The molecule has 1 heterocycles. The van der Waals surface area contributed by atoms with Crippen LogP contribution in [0.5, 0.6) is 0 Å². The summed E-state index contributed by atoms with van der Waals surface area (Å²) >= 11 is 0. The van der Waals surface area contributed by atoms with E-state index < -0.39 is 29.6 Å². The second kappa shape index (κ2) is 24.5. The van der Waals surface area contributed by atoms with Gasteiger partial charge in [0.2, 0.25) is 0 Å². The van der Waals surface area contributed by atoms with Crippen molar-refractivity contribution in [3.05, 3.63) is 37.7 Å². The third-order valence-corrected chi connectivity index (χ3v) is 1.58. The Morgan fingerprint density at radius 1 is 0.667 bits per heavy atom. The minimum Gasteiger partial charge on any atom is -0.398 e. The van der Waals surface area contributed by atoms with Gasteiger partial charge in [0.25, 0.3) is 0 Å². The van der Waals surface area contributed by atoms with Gasteiger partial charge in [0, 0.05) is 25.5 Å². The van der Waals surface area contributed by atoms with Gasteiger partial charge >= 0.3 is 29.6 Å². The molecular weight excluding hydrogens is 383 g/mol. The predicted molar refractivity (Wildman–Crippen MR) is 93.0 cm³/mol. The van der Waals surface area contributed by atoms with E-state index in [4.69, 9.17) is 40.2 Å². The number of nitrogens with zero attached hydrogens (tertiary/aromatic N) is 2. The largest absolute Gasteiger partial charge is 0.674 e. The molecule has 1 aliphatic heterocycles. The monoisotopic (exact) mass is 406 g/mol. The Labute approximate surface area is 155 Å². The van der Waals surface area contributed by atoms with Crippen LogP contribution < -0.4 is 0 Å². The first kappa shape index (κ1) is 33.1. The van der Waals surface area contributed by atoms with Crippen molar-refractivity contribution in [2.75, 3.05) is 19.8 Å². The van der Waals surface area contributed by atoms with E-state index in [1.165, 1.54) is 0 Å². The van der Waals surface area contributed by atoms with Crippen LogP contribution in [0.1, 0.15) is 0 Å². The van der Waals surface area contributed by atoms with Gasteiger partial charge in [0.05, 0.1) is 6.67 Å². The molecule has 156 valence electrons. The van der Waals surface area contributed by atoms with Gasteiger partial charge in [-0.15, -0.1) is 13.2 Å². The second-order valence-electron chi connectivity index (χ2n) is 3.80. The molecule has 0 aromatic carbocycles. The summed E-state index contributed by atoms with van der Waals surface area (Å²) in [5.41, 5.74) is 0. The molecule has 0 aromatic rings. The third-order valence-electron chi connectivity index (χ3n) is 1.58. The number of hydrogen-bond donors (Lipinski definition) is 8. The summed E-state index contributed by atoms with van der Waals surface area (Å²) < 4.78 is 40.4. The van der Waals surface area contributed by atoms with Crippen LogP contribution >= 0.6 is 0 Å². The topological polar surface area (TPSA) is 168 Å². The molecule has 0 radical (unpaired) electrons. The summed E-state index contributed by atoms with van der Waals surface area (Å²) in [6.45, 7) is 10.2. The van der Waals surface area contributed by atoms with Gasteiger partial charge in [-0.2, -0.15) is 0 Å². The second-order valence-corrected chi connectivity index (χ2v) is 3.80. The van der Waals surface area contributed by atoms with E-state index in [1.54, 1.807) is 0 Å². The van der Waals surface area contributed by atoms with Crippen molar-refractivity contribution in [2.45, 2.75) is 0 Å². The molecule has 8 N–H and O–H groups in total. The Morgan fingerprint density at radius 3 is 1.00 bits per heavy atom. The lowest BCUT2D eigenvalue weighted by molar-refractivity contribution is 0.300. The average Bonchev–Trinajstić information content (AvgIpc) is 2.84. The van der Waals surface area contributed by atoms with Crippen LogP contribution in [0.15, 0.2) is 37.7 Å². The maximum absolute atomic E-state index is 10.1. The highest BCUT2D eigenvalue weighted by atomic mass is 19.1. The Bertz CT molecular complexity index is 309. The first-order valence-corrected chi connectivity index (χ1v) is 6.69. The fourth-order valence-corrected chi connectivity index (χ4v) is 1.08. The van der Waals surface area contributed by atoms with Crippen molar-refractivity contribution < 1.29 is 57.5 Å². The van der Waals surface area contributed by atoms with E-state index >= 15 is 0 Å². The predicted octanol–water partition coefficient (Wildman–Crippen LogP) is -2.89. The minimum atomic E-state index is -2.67. The van der Waals surface area contributed by atoms with Gasteiger partial charge in [-0.1, -0.05) is 12.2 Å². The molecule has 27 heavy (non-hydrogen) atoms. The molecule has 0 aliphatic carbocycles. The van der Waals surface area contributed by atoms with Gasteiger partial charge < -0.3 is 50.0 Å². The standard InChI is InChI=1S/C9H14N2.4BFH2O2/c1-3-5-10-7-8-11(9-10)6-4-2;4*2-1(3)4/h3-4,7-8H,1-2,5-6,9H2;4*3-4H. The first-order chi connectivity index (χ1) is 12.3. The molecule has 1 rings (SSSR count). The zero-order chi connectivity index (χ0) is 22.4. The SMILES string of the molecule is C=CCN1C=CN(CC=C)C1.OB(O)F.OB(O)F.OB(O)F.OB(O)F. The molecule has 0 amide bonds. The Kier molecular flexibility index (Phi) is 30.0. The van der Waals surface area contributed by atoms with Crippen LogP contribution in [0.2, 0.25) is 0 Å². The molecular formula is C9H22B4F4N2O8. The summed E-state index contributed by atoms with van der Waals surface area (Å²) in [5, 5.41) is 55.6. The highest BCUT2D eigenvalue weighted by Gasteiger charge is 2.07. The molecule has 0 spiro atoms. The summed E-state index contributed by atoms with van der Waals surface area (Å²) in [6.07, 6.45) is 7.96. The van der Waals surface area contributed by atoms with Crippen molar-refractivity contribution in [2.24, 2.45) is 0 Å². The van der Waals surface area contributed by atoms with Gasteiger partial charge in [-0.3, -0.25) is 17.3 Å². The van der Waals surface area contributed by atoms with Crippen LogP contribution in [-0.2, 0) is 0 Å². The van der Waals surface area contributed by atoms with E-state index in [0.29, 0.717) is 0 Å². The zero-order valence-corrected chi connectivity index (χ0v) is 14.1. The Morgan fingerprint density at radius 2 is 0.852 bits per heavy atom. The minimum absolute atomic E-state index is 0.921. The molecule has 0 saturated carbocycles. The molecule has 18 heteroatoms. The molecule has 10 nitrogen and oxygen atoms in total. The molecule has 0 saturated heterocycles. The highest BCUT2D eigenvalue weighted by Crippen LogP contribution is 2.04. The quantitative estimate of drug-likeness (QED) is 0.138. The molecule has 0 atom stereocenters. The van der Waals surface area contributed by atoms with Gasteiger partial charge in [0.15, 0.2) is 0 Å². The molecule has 0 bridgehead atoms. The summed E-state index contributed by atoms with van der Waals surface area (Å²) in [5.74, 6) is 0. The normalized spacial score (nSPS) is 10.4. The number of hydrogen-bond acceptors (Lipinski definition) is 10. The maximum atomic E-state index is 10.1. The van der Waals surface area contributed by atoms with Crippen molar-refractivity contribution in [3.63, 3.8) is 0 Å². The third kappa shape index (κ3) is 68.1. The van der Waals surface area contributed by atoms with E-state index in [1.807, 2.05) is 12.2 Å². The summed E-state index contributed by atoms with van der Waals surface area (Å²) in [7, 11) is -10.7. The Hall–Kier alpha value is -1.52. The van der Waals surface area contributed by atoms with Crippen LogP contribution in [0.25, 0.3) is 0 Å². The van der Waals surface area contributed by atoms with E-state index in [9.17, 15) is 17.3 Å².